The number of nitrogens with zero attached hydrogens (tertiary/aromatic N) is 2. The summed E-state index contributed by atoms with van der Waals surface area (Å²) in [5, 5.41) is 3.41. The second-order valence-corrected chi connectivity index (χ2v) is 6.77. The molecule has 1 aliphatic rings. The van der Waals surface area contributed by atoms with E-state index in [-0.39, 0.29) is 11.9 Å². The Kier molecular flexibility index (Phi) is 4.57. The minimum atomic E-state index is -0.0453. The molecule has 2 heterocycles. The Labute approximate surface area is 143 Å². The Morgan fingerprint density at radius 2 is 2.23 bits per heavy atom. The van der Waals surface area contributed by atoms with Crippen LogP contribution in [0.25, 0.3) is 0 Å². The van der Waals surface area contributed by atoms with Crippen molar-refractivity contribution in [1.29, 1.82) is 0 Å². The highest BCUT2D eigenvalue weighted by molar-refractivity contribution is 9.10. The van der Waals surface area contributed by atoms with E-state index < -0.39 is 0 Å². The van der Waals surface area contributed by atoms with Gasteiger partial charge in [-0.05, 0) is 37.3 Å². The molecule has 0 bridgehead atoms. The zero-order chi connectivity index (χ0) is 15.7. The summed E-state index contributed by atoms with van der Waals surface area (Å²) in [4.78, 5) is 14.5. The highest BCUT2D eigenvalue weighted by Crippen LogP contribution is 2.27. The van der Waals surface area contributed by atoms with Crippen molar-refractivity contribution in [2.45, 2.75) is 19.5 Å². The van der Waals surface area contributed by atoms with E-state index in [1.54, 1.807) is 12.1 Å². The number of amides is 1. The quantitative estimate of drug-likeness (QED) is 0.873. The zero-order valence-electron chi connectivity index (χ0n) is 12.2. The van der Waals surface area contributed by atoms with E-state index in [1.807, 2.05) is 6.07 Å². The molecule has 0 radical (unpaired) electrons. The molecule has 6 heteroatoms. The zero-order valence-corrected chi connectivity index (χ0v) is 14.6. The van der Waals surface area contributed by atoms with Gasteiger partial charge in [-0.25, -0.2) is 0 Å². The SMILES string of the molecule is C[C@@H]1c2cccn2CCN1CC(=O)Nc1ccc(Br)cc1Cl. The first-order valence-electron chi connectivity index (χ1n) is 7.18. The van der Waals surface area contributed by atoms with Crippen molar-refractivity contribution in [3.8, 4) is 0 Å². The lowest BCUT2D eigenvalue weighted by Gasteiger charge is -2.34. The van der Waals surface area contributed by atoms with Gasteiger partial charge in [0.2, 0.25) is 5.91 Å². The van der Waals surface area contributed by atoms with Gasteiger partial charge >= 0.3 is 0 Å². The average Bonchev–Trinajstić information content (AvgIpc) is 2.94. The topological polar surface area (TPSA) is 37.3 Å². The monoisotopic (exact) mass is 381 g/mol. The maximum atomic E-state index is 12.3. The fourth-order valence-electron chi connectivity index (χ4n) is 2.81. The molecule has 1 amide bonds. The number of carbonyl (C=O) groups is 1. The first kappa shape index (κ1) is 15.6. The maximum Gasteiger partial charge on any atom is 0.238 e. The van der Waals surface area contributed by atoms with Gasteiger partial charge in [-0.15, -0.1) is 0 Å². The van der Waals surface area contributed by atoms with E-state index in [2.05, 4.69) is 56.0 Å². The molecule has 116 valence electrons. The van der Waals surface area contributed by atoms with Crippen LogP contribution in [-0.2, 0) is 11.3 Å². The molecular formula is C16H17BrClN3O. The first-order chi connectivity index (χ1) is 10.5. The molecule has 1 aromatic heterocycles. The summed E-state index contributed by atoms with van der Waals surface area (Å²) in [6, 6.07) is 9.83. The first-order valence-corrected chi connectivity index (χ1v) is 8.35. The van der Waals surface area contributed by atoms with Crippen LogP contribution in [0.5, 0.6) is 0 Å². The second kappa shape index (κ2) is 6.44. The molecule has 1 N–H and O–H groups in total. The van der Waals surface area contributed by atoms with Crippen LogP contribution in [-0.4, -0.2) is 28.5 Å². The van der Waals surface area contributed by atoms with Crippen molar-refractivity contribution in [2.75, 3.05) is 18.4 Å². The van der Waals surface area contributed by atoms with Crippen LogP contribution in [0, 0.1) is 0 Å². The van der Waals surface area contributed by atoms with Crippen molar-refractivity contribution >= 4 is 39.1 Å². The van der Waals surface area contributed by atoms with Gasteiger partial charge in [0, 0.05) is 35.5 Å². The number of fused-ring (bicyclic) bond motifs is 1. The Bertz CT molecular complexity index is 700. The van der Waals surface area contributed by atoms with Gasteiger partial charge in [-0.3, -0.25) is 9.69 Å². The molecule has 3 rings (SSSR count). The highest BCUT2D eigenvalue weighted by Gasteiger charge is 2.25. The molecule has 4 nitrogen and oxygen atoms in total. The Hall–Kier alpha value is -1.30. The van der Waals surface area contributed by atoms with Crippen LogP contribution in [0.3, 0.4) is 0 Å². The van der Waals surface area contributed by atoms with Crippen molar-refractivity contribution in [1.82, 2.24) is 9.47 Å². The van der Waals surface area contributed by atoms with E-state index in [0.29, 0.717) is 17.3 Å². The molecule has 0 unspecified atom stereocenters. The van der Waals surface area contributed by atoms with Gasteiger partial charge in [0.05, 0.1) is 17.3 Å². The lowest BCUT2D eigenvalue weighted by Crippen LogP contribution is -2.41. The van der Waals surface area contributed by atoms with E-state index in [4.69, 9.17) is 11.6 Å². The van der Waals surface area contributed by atoms with Crippen molar-refractivity contribution < 1.29 is 4.79 Å². The fourth-order valence-corrected chi connectivity index (χ4v) is 3.53. The third kappa shape index (κ3) is 3.21. The maximum absolute atomic E-state index is 12.3. The molecule has 0 saturated carbocycles. The summed E-state index contributed by atoms with van der Waals surface area (Å²) >= 11 is 9.49. The summed E-state index contributed by atoms with van der Waals surface area (Å²) < 4.78 is 3.13. The minimum Gasteiger partial charge on any atom is -0.349 e. The summed E-state index contributed by atoms with van der Waals surface area (Å²) in [6.07, 6.45) is 2.09. The van der Waals surface area contributed by atoms with Crippen molar-refractivity contribution in [3.05, 3.63) is 51.7 Å². The molecule has 1 aromatic carbocycles. The summed E-state index contributed by atoms with van der Waals surface area (Å²) in [7, 11) is 0. The lowest BCUT2D eigenvalue weighted by atomic mass is 10.1. The van der Waals surface area contributed by atoms with Gasteiger partial charge in [-0.1, -0.05) is 27.5 Å². The van der Waals surface area contributed by atoms with Crippen molar-refractivity contribution in [3.63, 3.8) is 0 Å². The predicted octanol–water partition coefficient (Wildman–Crippen LogP) is 3.92. The van der Waals surface area contributed by atoms with E-state index in [1.165, 1.54) is 5.69 Å². The van der Waals surface area contributed by atoms with Crippen LogP contribution >= 0.6 is 27.5 Å². The van der Waals surface area contributed by atoms with Crippen LogP contribution in [0.4, 0.5) is 5.69 Å². The normalized spacial score (nSPS) is 18.0. The van der Waals surface area contributed by atoms with Gasteiger partial charge in [0.15, 0.2) is 0 Å². The molecule has 0 aliphatic carbocycles. The summed E-state index contributed by atoms with van der Waals surface area (Å²) in [5.74, 6) is -0.0453. The molecule has 1 atom stereocenters. The number of nitrogens with one attached hydrogen (secondary N) is 1. The molecule has 2 aromatic rings. The Balaban J connectivity index is 1.65. The van der Waals surface area contributed by atoms with Gasteiger partial charge in [-0.2, -0.15) is 0 Å². The standard InChI is InChI=1S/C16H17BrClN3O/c1-11-15-3-2-6-20(15)7-8-21(11)10-16(22)19-14-5-4-12(17)9-13(14)18/h2-6,9,11H,7-8,10H2,1H3,(H,19,22)/t11-/m1/s1. The molecule has 1 aliphatic heterocycles. The molecular weight excluding hydrogens is 366 g/mol. The number of benzene rings is 1. The number of carbonyl (C=O) groups excluding carboxylic acids is 1. The van der Waals surface area contributed by atoms with E-state index >= 15 is 0 Å². The van der Waals surface area contributed by atoms with Gasteiger partial charge < -0.3 is 9.88 Å². The second-order valence-electron chi connectivity index (χ2n) is 5.45. The highest BCUT2D eigenvalue weighted by atomic mass is 79.9. The number of anilines is 1. The lowest BCUT2D eigenvalue weighted by molar-refractivity contribution is -0.118. The number of halogens is 2. The number of hydrogen-bond donors (Lipinski definition) is 1. The summed E-state index contributed by atoms with van der Waals surface area (Å²) in [6.45, 7) is 4.27. The smallest absolute Gasteiger partial charge is 0.238 e. The minimum absolute atomic E-state index is 0.0453. The van der Waals surface area contributed by atoms with Gasteiger partial charge in [0.1, 0.15) is 0 Å². The molecule has 0 spiro atoms. The largest absolute Gasteiger partial charge is 0.349 e. The Morgan fingerprint density at radius 3 is 3.00 bits per heavy atom. The van der Waals surface area contributed by atoms with Crippen LogP contribution in [0.15, 0.2) is 41.0 Å². The number of rotatable bonds is 3. The number of hydrogen-bond acceptors (Lipinski definition) is 2. The third-order valence-electron chi connectivity index (χ3n) is 4.02. The fraction of sp³-hybridized carbons (Fsp3) is 0.312. The van der Waals surface area contributed by atoms with Crippen LogP contribution in [0.2, 0.25) is 5.02 Å². The van der Waals surface area contributed by atoms with Crippen LogP contribution in [0.1, 0.15) is 18.7 Å². The van der Waals surface area contributed by atoms with Crippen molar-refractivity contribution in [2.24, 2.45) is 0 Å². The third-order valence-corrected chi connectivity index (χ3v) is 4.83. The molecule has 0 fully saturated rings. The summed E-state index contributed by atoms with van der Waals surface area (Å²) in [5.41, 5.74) is 1.89. The molecule has 0 saturated heterocycles. The van der Waals surface area contributed by atoms with Gasteiger partial charge in [0.25, 0.3) is 0 Å². The van der Waals surface area contributed by atoms with E-state index in [9.17, 15) is 4.79 Å². The molecule has 22 heavy (non-hydrogen) atoms. The van der Waals surface area contributed by atoms with E-state index in [0.717, 1.165) is 17.6 Å². The number of aromatic nitrogens is 1. The predicted molar refractivity (Wildman–Crippen MR) is 92.2 cm³/mol. The Morgan fingerprint density at radius 1 is 1.41 bits per heavy atom. The van der Waals surface area contributed by atoms with Crippen LogP contribution < -0.4 is 5.32 Å². The average molecular weight is 383 g/mol.